The van der Waals surface area contributed by atoms with Gasteiger partial charge in [0, 0.05) is 56.4 Å². The summed E-state index contributed by atoms with van der Waals surface area (Å²) in [5.41, 5.74) is 0.288. The summed E-state index contributed by atoms with van der Waals surface area (Å²) < 4.78 is 86.5. The molecule has 3 aliphatic heterocycles. The van der Waals surface area contributed by atoms with Gasteiger partial charge in [-0.3, -0.25) is 10.2 Å². The number of nitrogens with zero attached hydrogens (tertiary/aromatic N) is 3. The highest BCUT2D eigenvalue weighted by molar-refractivity contribution is 5.57. The molecule has 0 aliphatic carbocycles. The monoisotopic (exact) mass is 568 g/mol. The zero-order chi connectivity index (χ0) is 28.5. The molecule has 0 bridgehead atoms. The van der Waals surface area contributed by atoms with Crippen LogP contribution in [-0.2, 0) is 17.1 Å². The first-order valence-electron chi connectivity index (χ1n) is 12.9. The van der Waals surface area contributed by atoms with Crippen LogP contribution in [0, 0.1) is 0 Å². The van der Waals surface area contributed by atoms with Gasteiger partial charge in [0.1, 0.15) is 18.3 Å². The third kappa shape index (κ3) is 6.06. The van der Waals surface area contributed by atoms with E-state index in [0.29, 0.717) is 18.8 Å². The Labute approximate surface area is 227 Å². The van der Waals surface area contributed by atoms with Crippen molar-refractivity contribution >= 4 is 11.5 Å². The van der Waals surface area contributed by atoms with Gasteiger partial charge in [-0.05, 0) is 60.9 Å². The number of likely N-dealkylation sites (tertiary alicyclic amines) is 1. The summed E-state index contributed by atoms with van der Waals surface area (Å²) in [7, 11) is 1.66. The van der Waals surface area contributed by atoms with Gasteiger partial charge in [0.15, 0.2) is 0 Å². The molecule has 13 heteroatoms. The van der Waals surface area contributed by atoms with Crippen LogP contribution < -0.4 is 20.9 Å². The van der Waals surface area contributed by atoms with Gasteiger partial charge in [0.25, 0.3) is 0 Å². The second kappa shape index (κ2) is 11.3. The van der Waals surface area contributed by atoms with E-state index in [1.807, 2.05) is 0 Å². The third-order valence-corrected chi connectivity index (χ3v) is 7.35. The molecule has 0 amide bonds. The van der Waals surface area contributed by atoms with Gasteiger partial charge in [-0.2, -0.15) is 26.3 Å². The summed E-state index contributed by atoms with van der Waals surface area (Å²) in [5, 5.41) is 10.1. The molecule has 1 aromatic carbocycles. The standard InChI is InChI=1S/C27H30F6N6O/c1-40-16-20-4-3-12-38(20)25-35-15-17-14-23(36-19-8-6-18(7-9-19)26(28,29)30)39(13-10-22(17)37-25)24-21(27(31,32)33)5-2-11-34-24/h2,5-11,13,20,23,25,35-37H,3-4,12,14-16H2,1H3/t20-,23?,25?/m0/s1. The number of ether oxygens (including phenoxy) is 1. The average molecular weight is 569 g/mol. The first kappa shape index (κ1) is 28.2. The van der Waals surface area contributed by atoms with Gasteiger partial charge < -0.3 is 20.3 Å². The van der Waals surface area contributed by atoms with E-state index in [2.05, 4.69) is 25.8 Å². The van der Waals surface area contributed by atoms with Crippen molar-refractivity contribution in [1.82, 2.24) is 20.5 Å². The first-order valence-corrected chi connectivity index (χ1v) is 12.9. The Hall–Kier alpha value is -3.29. The zero-order valence-corrected chi connectivity index (χ0v) is 21.7. The molecule has 40 heavy (non-hydrogen) atoms. The molecule has 4 heterocycles. The number of methoxy groups -OCH3 is 1. The number of anilines is 2. The number of nitrogens with one attached hydrogen (secondary N) is 3. The van der Waals surface area contributed by atoms with Crippen LogP contribution in [0.5, 0.6) is 0 Å². The lowest BCUT2D eigenvalue weighted by molar-refractivity contribution is -0.138. The van der Waals surface area contributed by atoms with E-state index in [1.54, 1.807) is 13.2 Å². The van der Waals surface area contributed by atoms with E-state index >= 15 is 0 Å². The average Bonchev–Trinajstić information content (AvgIpc) is 3.29. The van der Waals surface area contributed by atoms with E-state index in [0.717, 1.165) is 48.9 Å². The Kier molecular flexibility index (Phi) is 7.98. The predicted molar refractivity (Wildman–Crippen MR) is 138 cm³/mol. The highest BCUT2D eigenvalue weighted by Crippen LogP contribution is 2.38. The molecule has 5 rings (SSSR count). The SMILES string of the molecule is COC[C@@H]1CCCN1C1NCC2=C(C=CN(c3ncccc3C(F)(F)F)C(Nc3ccc(C(F)(F)F)cc3)C2)N1. The Bertz CT molecular complexity index is 1250. The van der Waals surface area contributed by atoms with Crippen molar-refractivity contribution in [2.24, 2.45) is 0 Å². The number of benzene rings is 1. The lowest BCUT2D eigenvalue weighted by Gasteiger charge is -2.38. The fourth-order valence-corrected chi connectivity index (χ4v) is 5.43. The maximum Gasteiger partial charge on any atom is 0.419 e. The van der Waals surface area contributed by atoms with Crippen molar-refractivity contribution in [3.63, 3.8) is 0 Å². The minimum atomic E-state index is -4.66. The van der Waals surface area contributed by atoms with Crippen LogP contribution in [0.15, 0.2) is 66.1 Å². The van der Waals surface area contributed by atoms with E-state index in [4.69, 9.17) is 4.74 Å². The zero-order valence-electron chi connectivity index (χ0n) is 21.7. The number of rotatable bonds is 6. The number of hydrogen-bond acceptors (Lipinski definition) is 7. The quantitative estimate of drug-likeness (QED) is 0.418. The van der Waals surface area contributed by atoms with Crippen molar-refractivity contribution in [2.75, 3.05) is 37.0 Å². The molecule has 1 saturated heterocycles. The first-order chi connectivity index (χ1) is 19.0. The van der Waals surface area contributed by atoms with Crippen LogP contribution in [0.4, 0.5) is 37.8 Å². The van der Waals surface area contributed by atoms with Crippen LogP contribution in [0.1, 0.15) is 30.4 Å². The molecule has 0 radical (unpaired) electrons. The fourth-order valence-electron chi connectivity index (χ4n) is 5.43. The molecule has 2 unspecified atom stereocenters. The molecule has 7 nitrogen and oxygen atoms in total. The summed E-state index contributed by atoms with van der Waals surface area (Å²) in [6.07, 6.45) is -3.27. The van der Waals surface area contributed by atoms with Crippen LogP contribution in [0.25, 0.3) is 0 Å². The normalized spacial score (nSPS) is 24.1. The van der Waals surface area contributed by atoms with Crippen LogP contribution in [0.2, 0.25) is 0 Å². The van der Waals surface area contributed by atoms with Gasteiger partial charge in [-0.1, -0.05) is 0 Å². The van der Waals surface area contributed by atoms with Gasteiger partial charge in [0.2, 0.25) is 0 Å². The molecule has 0 spiro atoms. The number of halogens is 6. The molecule has 2 aromatic rings. The largest absolute Gasteiger partial charge is 0.419 e. The molecular formula is C27H30F6N6O. The molecule has 0 saturated carbocycles. The lowest BCUT2D eigenvalue weighted by atomic mass is 10.1. The Balaban J connectivity index is 1.46. The van der Waals surface area contributed by atoms with Crippen molar-refractivity contribution in [3.05, 3.63) is 77.3 Å². The number of hydrogen-bond donors (Lipinski definition) is 3. The molecular weight excluding hydrogens is 538 g/mol. The van der Waals surface area contributed by atoms with Crippen molar-refractivity contribution in [1.29, 1.82) is 0 Å². The number of aromatic nitrogens is 1. The highest BCUT2D eigenvalue weighted by atomic mass is 19.4. The Morgan fingerprint density at radius 1 is 1.07 bits per heavy atom. The summed E-state index contributed by atoms with van der Waals surface area (Å²) >= 11 is 0. The minimum absolute atomic E-state index is 0.181. The van der Waals surface area contributed by atoms with Crippen molar-refractivity contribution in [3.8, 4) is 0 Å². The van der Waals surface area contributed by atoms with Crippen molar-refractivity contribution < 1.29 is 31.1 Å². The third-order valence-electron chi connectivity index (χ3n) is 7.35. The molecule has 216 valence electrons. The maximum atomic E-state index is 14.0. The summed E-state index contributed by atoms with van der Waals surface area (Å²) in [4.78, 5) is 7.73. The number of alkyl halides is 6. The van der Waals surface area contributed by atoms with E-state index in [1.165, 1.54) is 35.5 Å². The molecule has 1 fully saturated rings. The fraction of sp³-hybridized carbons (Fsp3) is 0.444. The molecule has 3 atom stereocenters. The van der Waals surface area contributed by atoms with Gasteiger partial charge in [0.05, 0.1) is 17.7 Å². The van der Waals surface area contributed by atoms with Crippen molar-refractivity contribution in [2.45, 2.75) is 50.1 Å². The summed E-state index contributed by atoms with van der Waals surface area (Å²) in [6, 6.07) is 6.83. The second-order valence-corrected chi connectivity index (χ2v) is 9.97. The molecule has 3 N–H and O–H groups in total. The highest BCUT2D eigenvalue weighted by Gasteiger charge is 2.39. The lowest BCUT2D eigenvalue weighted by Crippen LogP contribution is -2.59. The Morgan fingerprint density at radius 3 is 2.55 bits per heavy atom. The maximum absolute atomic E-state index is 14.0. The summed E-state index contributed by atoms with van der Waals surface area (Å²) in [5.74, 6) is -0.306. The molecule has 3 aliphatic rings. The van der Waals surface area contributed by atoms with Gasteiger partial charge >= 0.3 is 12.4 Å². The summed E-state index contributed by atoms with van der Waals surface area (Å²) in [6.45, 7) is 1.94. The van der Waals surface area contributed by atoms with E-state index < -0.39 is 29.6 Å². The van der Waals surface area contributed by atoms with Crippen LogP contribution in [0.3, 0.4) is 0 Å². The molecule has 1 aromatic heterocycles. The van der Waals surface area contributed by atoms with Gasteiger partial charge in [-0.25, -0.2) is 4.98 Å². The number of allylic oxidation sites excluding steroid dienone is 1. The van der Waals surface area contributed by atoms with Crippen LogP contribution >= 0.6 is 0 Å². The van der Waals surface area contributed by atoms with Crippen LogP contribution in [-0.4, -0.2) is 55.2 Å². The Morgan fingerprint density at radius 2 is 1.85 bits per heavy atom. The van der Waals surface area contributed by atoms with Gasteiger partial charge in [-0.15, -0.1) is 0 Å². The van der Waals surface area contributed by atoms with E-state index in [-0.39, 0.29) is 24.6 Å². The smallest absolute Gasteiger partial charge is 0.383 e. The minimum Gasteiger partial charge on any atom is -0.383 e. The van der Waals surface area contributed by atoms with E-state index in [9.17, 15) is 26.3 Å². The predicted octanol–water partition coefficient (Wildman–Crippen LogP) is 5.12. The topological polar surface area (TPSA) is 64.7 Å². The number of pyridine rings is 1. The second-order valence-electron chi connectivity index (χ2n) is 9.97.